The first-order chi connectivity index (χ1) is 11.1. The highest BCUT2D eigenvalue weighted by Gasteiger charge is 2.48. The Labute approximate surface area is 140 Å². The van der Waals surface area contributed by atoms with Gasteiger partial charge >= 0.3 is 19.8 Å². The van der Waals surface area contributed by atoms with Gasteiger partial charge in [-0.1, -0.05) is 13.8 Å². The third-order valence-electron chi connectivity index (χ3n) is 3.34. The lowest BCUT2D eigenvalue weighted by molar-refractivity contribution is -0.153. The Kier molecular flexibility index (Phi) is 7.54. The van der Waals surface area contributed by atoms with Gasteiger partial charge in [-0.3, -0.25) is 23.4 Å². The van der Waals surface area contributed by atoms with Crippen molar-refractivity contribution in [2.24, 2.45) is 5.41 Å². The molecule has 0 aromatic rings. The van der Waals surface area contributed by atoms with E-state index in [-0.39, 0.29) is 25.2 Å². The second-order valence-electron chi connectivity index (χ2n) is 5.97. The summed E-state index contributed by atoms with van der Waals surface area (Å²) in [5.41, 5.74) is -0.721. The Balaban J connectivity index is 2.64. The second kappa shape index (κ2) is 8.71. The van der Waals surface area contributed by atoms with Crippen LogP contribution in [0.4, 0.5) is 0 Å². The third-order valence-corrected chi connectivity index (χ3v) is 4.67. The minimum Gasteiger partial charge on any atom is -0.469 e. The number of rotatable bonds is 8. The average molecular weight is 366 g/mol. The first-order valence-electron chi connectivity index (χ1n) is 7.40. The van der Waals surface area contributed by atoms with Gasteiger partial charge in [-0.25, -0.2) is 9.09 Å². The zero-order valence-corrected chi connectivity index (χ0v) is 15.1. The van der Waals surface area contributed by atoms with Crippen LogP contribution in [0.2, 0.25) is 0 Å². The van der Waals surface area contributed by atoms with E-state index in [1.807, 2.05) is 0 Å². The number of phosphoric acid groups is 1. The molecule has 10 heteroatoms. The van der Waals surface area contributed by atoms with E-state index in [2.05, 4.69) is 9.47 Å². The van der Waals surface area contributed by atoms with Crippen LogP contribution in [-0.4, -0.2) is 44.3 Å². The van der Waals surface area contributed by atoms with Gasteiger partial charge in [0, 0.05) is 25.2 Å². The number of phosphoric ester groups is 1. The minimum atomic E-state index is -4.01. The number of ether oxygens (including phenoxy) is 2. The number of hydrogen-bond donors (Lipinski definition) is 0. The lowest BCUT2D eigenvalue weighted by atomic mass is 9.84. The van der Waals surface area contributed by atoms with Gasteiger partial charge < -0.3 is 9.47 Å². The van der Waals surface area contributed by atoms with E-state index in [9.17, 15) is 18.9 Å². The maximum atomic E-state index is 12.4. The predicted molar refractivity (Wildman–Crippen MR) is 80.8 cm³/mol. The molecule has 24 heavy (non-hydrogen) atoms. The van der Waals surface area contributed by atoms with Crippen molar-refractivity contribution in [2.45, 2.75) is 46.1 Å². The summed E-state index contributed by atoms with van der Waals surface area (Å²) in [5.74, 6) is -1.34. The largest absolute Gasteiger partial charge is 0.478 e. The maximum Gasteiger partial charge on any atom is 0.478 e. The van der Waals surface area contributed by atoms with E-state index in [0.29, 0.717) is 6.42 Å². The molecule has 1 fully saturated rings. The van der Waals surface area contributed by atoms with Crippen LogP contribution < -0.4 is 0 Å². The van der Waals surface area contributed by atoms with Crippen molar-refractivity contribution in [1.29, 1.82) is 0 Å². The number of ketones is 1. The number of carbonyl (C=O) groups is 3. The zero-order valence-electron chi connectivity index (χ0n) is 14.2. The van der Waals surface area contributed by atoms with Crippen LogP contribution in [0.5, 0.6) is 0 Å². The average Bonchev–Trinajstić information content (AvgIpc) is 2.49. The van der Waals surface area contributed by atoms with Crippen LogP contribution >= 0.6 is 7.82 Å². The lowest BCUT2D eigenvalue weighted by Crippen LogP contribution is -2.44. The fourth-order valence-corrected chi connectivity index (χ4v) is 3.53. The molecule has 138 valence electrons. The van der Waals surface area contributed by atoms with Crippen LogP contribution in [0.1, 0.15) is 40.0 Å². The van der Waals surface area contributed by atoms with Gasteiger partial charge in [0.1, 0.15) is 6.10 Å². The van der Waals surface area contributed by atoms with E-state index in [1.165, 1.54) is 14.0 Å². The fourth-order valence-electron chi connectivity index (χ4n) is 2.00. The van der Waals surface area contributed by atoms with Crippen LogP contribution in [0.25, 0.3) is 0 Å². The van der Waals surface area contributed by atoms with Crippen molar-refractivity contribution in [1.82, 2.24) is 0 Å². The van der Waals surface area contributed by atoms with Gasteiger partial charge in [0.2, 0.25) is 6.79 Å². The Morgan fingerprint density at radius 2 is 1.92 bits per heavy atom. The molecule has 0 aliphatic carbocycles. The first kappa shape index (κ1) is 20.8. The molecule has 0 radical (unpaired) electrons. The van der Waals surface area contributed by atoms with Crippen molar-refractivity contribution >= 4 is 25.5 Å². The van der Waals surface area contributed by atoms with E-state index in [4.69, 9.17) is 13.6 Å². The first-order valence-corrected chi connectivity index (χ1v) is 8.86. The van der Waals surface area contributed by atoms with Gasteiger partial charge in [-0.05, 0) is 6.42 Å². The Bertz CT molecular complexity index is 528. The van der Waals surface area contributed by atoms with E-state index in [1.54, 1.807) is 13.8 Å². The molecule has 0 aromatic carbocycles. The smallest absolute Gasteiger partial charge is 0.469 e. The van der Waals surface area contributed by atoms with E-state index in [0.717, 1.165) is 0 Å². The predicted octanol–water partition coefficient (Wildman–Crippen LogP) is 1.99. The summed E-state index contributed by atoms with van der Waals surface area (Å²) in [7, 11) is -2.74. The Morgan fingerprint density at radius 1 is 1.25 bits per heavy atom. The molecule has 9 nitrogen and oxygen atoms in total. The number of Topliss-reactive ketones (excluding diaryl/α,β-unsaturated/α-hetero) is 1. The second-order valence-corrected chi connectivity index (χ2v) is 7.60. The third kappa shape index (κ3) is 6.32. The van der Waals surface area contributed by atoms with Gasteiger partial charge in [-0.2, -0.15) is 0 Å². The summed E-state index contributed by atoms with van der Waals surface area (Å²) < 4.78 is 36.6. The zero-order chi connectivity index (χ0) is 18.4. The van der Waals surface area contributed by atoms with Gasteiger partial charge in [0.05, 0.1) is 13.7 Å². The Hall–Kier alpha value is -1.28. The van der Waals surface area contributed by atoms with Crippen LogP contribution in [-0.2, 0) is 42.0 Å². The molecule has 1 saturated heterocycles. The molecule has 0 saturated carbocycles. The standard InChI is InChI=1S/C14H23O9P/c1-10(15)20-9-22-24(18)21-8-14(2,3)13(23-24)11(16)6-5-7-12(17)19-4/h13H,5-9H2,1-4H3/t13-,24?/m0/s1. The number of methoxy groups -OCH3 is 1. The molecule has 1 aliphatic heterocycles. The summed E-state index contributed by atoms with van der Waals surface area (Å²) in [4.78, 5) is 34.1. The van der Waals surface area contributed by atoms with Crippen molar-refractivity contribution in [2.75, 3.05) is 20.5 Å². The summed E-state index contributed by atoms with van der Waals surface area (Å²) in [6, 6.07) is 0. The number of esters is 2. The molecule has 1 rings (SSSR count). The molecular weight excluding hydrogens is 343 g/mol. The van der Waals surface area contributed by atoms with Crippen LogP contribution in [0, 0.1) is 5.41 Å². The molecule has 0 N–H and O–H groups in total. The van der Waals surface area contributed by atoms with Crippen molar-refractivity contribution < 1.29 is 42.0 Å². The van der Waals surface area contributed by atoms with Crippen LogP contribution in [0.15, 0.2) is 0 Å². The molecule has 1 heterocycles. The normalized spacial score (nSPS) is 25.8. The van der Waals surface area contributed by atoms with Gasteiger partial charge in [-0.15, -0.1) is 0 Å². The molecule has 2 atom stereocenters. The molecule has 0 bridgehead atoms. The number of carbonyl (C=O) groups excluding carboxylic acids is 3. The highest BCUT2D eigenvalue weighted by atomic mass is 31.2. The van der Waals surface area contributed by atoms with Crippen molar-refractivity contribution in [3.8, 4) is 0 Å². The van der Waals surface area contributed by atoms with Gasteiger partial charge in [0.15, 0.2) is 5.78 Å². The molecule has 1 aliphatic rings. The number of hydrogen-bond acceptors (Lipinski definition) is 9. The topological polar surface area (TPSA) is 114 Å². The highest BCUT2D eigenvalue weighted by molar-refractivity contribution is 7.48. The fraction of sp³-hybridized carbons (Fsp3) is 0.786. The minimum absolute atomic E-state index is 0.0300. The molecule has 0 amide bonds. The van der Waals surface area contributed by atoms with Crippen LogP contribution in [0.3, 0.4) is 0 Å². The summed E-state index contributed by atoms with van der Waals surface area (Å²) in [5, 5.41) is 0. The van der Waals surface area contributed by atoms with E-state index >= 15 is 0 Å². The van der Waals surface area contributed by atoms with Crippen molar-refractivity contribution in [3.63, 3.8) is 0 Å². The molecular formula is C14H23O9P. The summed E-state index contributed by atoms with van der Waals surface area (Å²) >= 11 is 0. The maximum absolute atomic E-state index is 12.4. The van der Waals surface area contributed by atoms with E-state index < -0.39 is 38.1 Å². The summed E-state index contributed by atoms with van der Waals surface area (Å²) in [6.45, 7) is 3.99. The molecule has 1 unspecified atom stereocenters. The van der Waals surface area contributed by atoms with Crippen molar-refractivity contribution in [3.05, 3.63) is 0 Å². The Morgan fingerprint density at radius 3 is 2.50 bits per heavy atom. The highest BCUT2D eigenvalue weighted by Crippen LogP contribution is 2.57. The summed E-state index contributed by atoms with van der Waals surface area (Å²) in [6.07, 6.45) is -0.562. The SMILES string of the molecule is COC(=O)CCCC(=O)[C@@H]1OP(=O)(OCOC(C)=O)OCC1(C)C. The lowest BCUT2D eigenvalue weighted by Gasteiger charge is -2.39. The molecule has 0 spiro atoms. The quantitative estimate of drug-likeness (QED) is 0.361. The van der Waals surface area contributed by atoms with Gasteiger partial charge in [0.25, 0.3) is 0 Å². The monoisotopic (exact) mass is 366 g/mol. The molecule has 0 aromatic heterocycles.